The average molecular weight is 940 g/mol. The standard InChI is InChI=1S/C49H39Cl2F3N4O8/c1-64-32-15-19-39(65-2)26(20-32)7-4-25-5-13-31(14-6-25)57-44(60)34-17-16-33-35(41(34)46(57)62)23-36-45(61)58(56-43-37(51)22-29(24-55-43)49(52,53)54)47(63)48(36,28-9-11-30(50)12-10-28)42(33)27-8-18-38(59)40(21-27)66-3/h4-16,18-22,24,34-36,41-42,59H,17,23H2,1-3H3,(H,55,56). The SMILES string of the molecule is COc1ccc(OC)c(C=Cc2ccc(N3C(=O)C4CC=C5C(CC6C(=O)N(Nc7ncc(C(F)(F)F)cc7Cl)C(=O)C6(c6ccc(Cl)cc6)C5c5ccc(O)c(OC)c5)C4C3=O)cc2)c1. The Kier molecular flexibility index (Phi) is 11.3. The number of imide groups is 2. The molecule has 2 N–H and O–H groups in total. The Morgan fingerprint density at radius 3 is 2.21 bits per heavy atom. The highest BCUT2D eigenvalue weighted by Gasteiger charge is 2.70. The van der Waals surface area contributed by atoms with E-state index in [9.17, 15) is 27.9 Å². The molecule has 12 nitrogen and oxygen atoms in total. The number of hydrazine groups is 1. The largest absolute Gasteiger partial charge is 0.504 e. The number of nitrogens with zero attached hydrogens (tertiary/aromatic N) is 3. The number of benzene rings is 4. The molecule has 1 saturated carbocycles. The number of allylic oxidation sites excluding steroid dienone is 2. The van der Waals surface area contributed by atoms with Gasteiger partial charge >= 0.3 is 6.18 Å². The van der Waals surface area contributed by atoms with Crippen LogP contribution in [0.15, 0.2) is 109 Å². The minimum Gasteiger partial charge on any atom is -0.504 e. The van der Waals surface area contributed by atoms with Crippen molar-refractivity contribution in [1.29, 1.82) is 0 Å². The minimum absolute atomic E-state index is 0.0680. The van der Waals surface area contributed by atoms with Crippen molar-refractivity contribution < 1.29 is 51.7 Å². The number of fused-ring (bicyclic) bond motifs is 4. The predicted octanol–water partition coefficient (Wildman–Crippen LogP) is 9.50. The Hall–Kier alpha value is -6.84. The van der Waals surface area contributed by atoms with Crippen molar-refractivity contribution in [3.05, 3.63) is 147 Å². The molecule has 4 amide bonds. The first kappa shape index (κ1) is 44.4. The number of phenols is 1. The highest BCUT2D eigenvalue weighted by molar-refractivity contribution is 6.33. The first-order valence-corrected chi connectivity index (χ1v) is 21.4. The fourth-order valence-electron chi connectivity index (χ4n) is 10.2. The van der Waals surface area contributed by atoms with E-state index in [1.54, 1.807) is 87.0 Å². The van der Waals surface area contributed by atoms with Crippen molar-refractivity contribution in [2.75, 3.05) is 31.7 Å². The number of anilines is 2. The normalized spacial score (nSPS) is 23.7. The van der Waals surface area contributed by atoms with E-state index in [-0.39, 0.29) is 30.2 Å². The lowest BCUT2D eigenvalue weighted by Crippen LogP contribution is -2.53. The van der Waals surface area contributed by atoms with Crippen LogP contribution in [0.1, 0.15) is 46.6 Å². The summed E-state index contributed by atoms with van der Waals surface area (Å²) in [5.41, 5.74) is 3.03. The number of hydrogen-bond donors (Lipinski definition) is 2. The van der Waals surface area contributed by atoms with Gasteiger partial charge in [-0.1, -0.05) is 77.3 Å². The zero-order valence-corrected chi connectivity index (χ0v) is 36.8. The number of rotatable bonds is 10. The number of hydrogen-bond acceptors (Lipinski definition) is 10. The molecule has 3 fully saturated rings. The summed E-state index contributed by atoms with van der Waals surface area (Å²) < 4.78 is 57.2. The number of carbonyl (C=O) groups is 4. The van der Waals surface area contributed by atoms with Gasteiger partial charge in [-0.3, -0.25) is 29.5 Å². The van der Waals surface area contributed by atoms with Gasteiger partial charge in [0.25, 0.3) is 11.8 Å². The predicted molar refractivity (Wildman–Crippen MR) is 239 cm³/mol. The van der Waals surface area contributed by atoms with Crippen LogP contribution in [0.4, 0.5) is 24.7 Å². The van der Waals surface area contributed by atoms with Gasteiger partial charge in [0.15, 0.2) is 17.3 Å². The Morgan fingerprint density at radius 1 is 0.818 bits per heavy atom. The first-order chi connectivity index (χ1) is 31.6. The molecule has 3 heterocycles. The van der Waals surface area contributed by atoms with E-state index in [2.05, 4.69) is 10.4 Å². The number of pyridine rings is 1. The van der Waals surface area contributed by atoms with Gasteiger partial charge in [0.1, 0.15) is 11.5 Å². The highest BCUT2D eigenvalue weighted by atomic mass is 35.5. The van der Waals surface area contributed by atoms with Crippen LogP contribution in [0.5, 0.6) is 23.0 Å². The Labute approximate surface area is 386 Å². The van der Waals surface area contributed by atoms with Gasteiger partial charge in [0.05, 0.1) is 60.8 Å². The number of nitrogens with one attached hydrogen (secondary N) is 1. The molecule has 9 rings (SSSR count). The molecule has 2 aliphatic heterocycles. The third kappa shape index (κ3) is 7.21. The van der Waals surface area contributed by atoms with Crippen LogP contribution in [0.25, 0.3) is 12.2 Å². The van der Waals surface area contributed by atoms with Crippen molar-refractivity contribution in [2.24, 2.45) is 23.7 Å². The monoisotopic (exact) mass is 938 g/mol. The maximum atomic E-state index is 15.5. The molecule has 4 aliphatic rings. The second-order valence-corrected chi connectivity index (χ2v) is 17.2. The summed E-state index contributed by atoms with van der Waals surface area (Å²) in [7, 11) is 4.50. The van der Waals surface area contributed by atoms with E-state index in [1.165, 1.54) is 18.1 Å². The summed E-state index contributed by atoms with van der Waals surface area (Å²) in [5, 5.41) is 11.3. The topological polar surface area (TPSA) is 148 Å². The van der Waals surface area contributed by atoms with Crippen LogP contribution < -0.4 is 24.5 Å². The van der Waals surface area contributed by atoms with E-state index in [0.717, 1.165) is 16.1 Å². The van der Waals surface area contributed by atoms with E-state index in [1.807, 2.05) is 24.3 Å². The van der Waals surface area contributed by atoms with Crippen LogP contribution in [-0.2, 0) is 30.8 Å². The van der Waals surface area contributed by atoms with Crippen molar-refractivity contribution in [3.8, 4) is 23.0 Å². The minimum atomic E-state index is -4.77. The fourth-order valence-corrected chi connectivity index (χ4v) is 10.5. The molecule has 4 aromatic carbocycles. The molecule has 1 aromatic heterocycles. The molecule has 5 aromatic rings. The Balaban J connectivity index is 1.12. The smallest absolute Gasteiger partial charge is 0.417 e. The van der Waals surface area contributed by atoms with Crippen molar-refractivity contribution >= 4 is 70.5 Å². The lowest BCUT2D eigenvalue weighted by atomic mass is 9.49. The number of amides is 4. The van der Waals surface area contributed by atoms with Crippen molar-refractivity contribution in [1.82, 2.24) is 9.99 Å². The van der Waals surface area contributed by atoms with Crippen molar-refractivity contribution in [3.63, 3.8) is 0 Å². The quantitative estimate of drug-likeness (QED) is 0.0789. The number of carbonyl (C=O) groups excluding carboxylic acids is 4. The molecule has 6 unspecified atom stereocenters. The maximum absolute atomic E-state index is 15.5. The third-order valence-corrected chi connectivity index (χ3v) is 13.7. The van der Waals surface area contributed by atoms with Crippen LogP contribution in [0.2, 0.25) is 10.0 Å². The number of halogens is 5. The second-order valence-electron chi connectivity index (χ2n) is 16.4. The molecular formula is C49H39Cl2F3N4O8. The Bertz CT molecular complexity index is 2870. The summed E-state index contributed by atoms with van der Waals surface area (Å²) in [5.74, 6) is -6.44. The average Bonchev–Trinajstić information content (AvgIpc) is 3.69. The molecule has 2 aliphatic carbocycles. The summed E-state index contributed by atoms with van der Waals surface area (Å²) in [6.45, 7) is 0. The van der Waals surface area contributed by atoms with Gasteiger partial charge in [-0.2, -0.15) is 18.2 Å². The number of alkyl halides is 3. The van der Waals surface area contributed by atoms with Gasteiger partial charge in [-0.15, -0.1) is 0 Å². The number of aromatic hydroxyl groups is 1. The molecule has 0 bridgehead atoms. The Morgan fingerprint density at radius 2 is 1.55 bits per heavy atom. The summed E-state index contributed by atoms with van der Waals surface area (Å²) in [4.78, 5) is 64.8. The van der Waals surface area contributed by atoms with E-state index in [4.69, 9.17) is 37.4 Å². The molecule has 0 radical (unpaired) electrons. The molecule has 66 heavy (non-hydrogen) atoms. The fraction of sp³-hybridized carbons (Fsp3) is 0.245. The van der Waals surface area contributed by atoms with Crippen LogP contribution in [0, 0.1) is 23.7 Å². The van der Waals surface area contributed by atoms with E-state index in [0.29, 0.717) is 51.2 Å². The second kappa shape index (κ2) is 16.9. The number of aromatic nitrogens is 1. The van der Waals surface area contributed by atoms with Crippen LogP contribution in [-0.4, -0.2) is 60.1 Å². The molecule has 2 saturated heterocycles. The van der Waals surface area contributed by atoms with Crippen LogP contribution in [0.3, 0.4) is 0 Å². The van der Waals surface area contributed by atoms with Gasteiger partial charge < -0.3 is 19.3 Å². The molecule has 338 valence electrons. The highest BCUT2D eigenvalue weighted by Crippen LogP contribution is 2.64. The van der Waals surface area contributed by atoms with E-state index >= 15 is 9.59 Å². The van der Waals surface area contributed by atoms with Crippen molar-refractivity contribution in [2.45, 2.75) is 30.4 Å². The molecular weight excluding hydrogens is 900 g/mol. The van der Waals surface area contributed by atoms with E-state index < -0.39 is 75.4 Å². The number of methoxy groups -OCH3 is 3. The zero-order chi connectivity index (χ0) is 46.8. The van der Waals surface area contributed by atoms with Gasteiger partial charge in [0.2, 0.25) is 11.8 Å². The van der Waals surface area contributed by atoms with Gasteiger partial charge in [-0.25, -0.2) is 4.98 Å². The molecule has 17 heteroatoms. The summed E-state index contributed by atoms with van der Waals surface area (Å²) in [6, 6.07) is 23.9. The third-order valence-electron chi connectivity index (χ3n) is 13.1. The van der Waals surface area contributed by atoms with Gasteiger partial charge in [-0.05, 0) is 96.1 Å². The summed E-state index contributed by atoms with van der Waals surface area (Å²) in [6.07, 6.45) is 1.39. The van der Waals surface area contributed by atoms with Crippen LogP contribution >= 0.6 is 23.2 Å². The number of ether oxygens (including phenoxy) is 3. The zero-order valence-electron chi connectivity index (χ0n) is 35.3. The molecule has 6 atom stereocenters. The molecule has 0 spiro atoms. The maximum Gasteiger partial charge on any atom is 0.417 e. The first-order valence-electron chi connectivity index (χ1n) is 20.7. The lowest BCUT2D eigenvalue weighted by Gasteiger charge is -2.50. The summed E-state index contributed by atoms with van der Waals surface area (Å²) >= 11 is 12.7. The number of phenolic OH excluding ortho intramolecular Hbond substituents is 1. The van der Waals surface area contributed by atoms with Gasteiger partial charge in [0, 0.05) is 22.7 Å². The lowest BCUT2D eigenvalue weighted by molar-refractivity contribution is -0.139.